The Labute approximate surface area is 464 Å². The summed E-state index contributed by atoms with van der Waals surface area (Å²) in [4.78, 5) is 8.70. The first-order valence-corrected chi connectivity index (χ1v) is 27.7. The lowest BCUT2D eigenvalue weighted by molar-refractivity contribution is 0.501. The third-order valence-electron chi connectivity index (χ3n) is 13.6. The first kappa shape index (κ1) is 57.9. The molecule has 0 amide bonds. The van der Waals surface area contributed by atoms with Crippen molar-refractivity contribution < 1.29 is 13.3 Å². The maximum Gasteiger partial charge on any atom is 0.198 e. The smallest absolute Gasteiger partial charge is 0.198 e. The van der Waals surface area contributed by atoms with Gasteiger partial charge in [0.1, 0.15) is 22.4 Å². The Morgan fingerprint density at radius 1 is 0.359 bits per heavy atom. The quantitative estimate of drug-likeness (QED) is 0.176. The van der Waals surface area contributed by atoms with Crippen molar-refractivity contribution in [2.45, 2.75) is 138 Å². The third-order valence-corrected chi connectivity index (χ3v) is 13.6. The van der Waals surface area contributed by atoms with E-state index < -0.39 is 0 Å². The monoisotopic (exact) mass is 1030 g/mol. The lowest BCUT2D eigenvalue weighted by Crippen LogP contribution is -2.11. The first-order chi connectivity index (χ1) is 37.1. The molecule has 0 radical (unpaired) electrons. The number of aromatic nitrogens is 2. The zero-order valence-electron chi connectivity index (χ0n) is 49.0. The van der Waals surface area contributed by atoms with Crippen LogP contribution in [0.3, 0.4) is 0 Å². The van der Waals surface area contributed by atoms with Crippen LogP contribution in [-0.4, -0.2) is 9.97 Å². The van der Waals surface area contributed by atoms with Crippen LogP contribution in [0.2, 0.25) is 0 Å². The average molecular weight is 1040 g/mol. The predicted molar refractivity (Wildman–Crippen MR) is 334 cm³/mol. The van der Waals surface area contributed by atoms with E-state index in [1.54, 1.807) is 0 Å². The number of hydrogen-bond acceptors (Lipinski definition) is 5. The number of furan rings is 2. The van der Waals surface area contributed by atoms with Crippen LogP contribution in [0.4, 0.5) is 0 Å². The number of rotatable bonds is 3. The van der Waals surface area contributed by atoms with E-state index in [1.165, 1.54) is 60.0 Å². The van der Waals surface area contributed by atoms with Crippen LogP contribution in [-0.2, 0) is 16.2 Å². The molecule has 4 heterocycles. The highest BCUT2D eigenvalue weighted by atomic mass is 16.3. The second kappa shape index (κ2) is 25.6. The molecule has 0 aliphatic heterocycles. The molecule has 8 aromatic carbocycles. The van der Waals surface area contributed by atoms with E-state index >= 15 is 0 Å². The summed E-state index contributed by atoms with van der Waals surface area (Å²) >= 11 is 0. The molecule has 78 heavy (non-hydrogen) atoms. The van der Waals surface area contributed by atoms with Gasteiger partial charge in [0, 0.05) is 39.8 Å². The van der Waals surface area contributed by atoms with Crippen molar-refractivity contribution in [1.29, 1.82) is 0 Å². The van der Waals surface area contributed by atoms with Crippen LogP contribution in [0.15, 0.2) is 220 Å². The van der Waals surface area contributed by atoms with Crippen molar-refractivity contribution in [3.8, 4) is 0 Å². The van der Waals surface area contributed by atoms with Crippen molar-refractivity contribution >= 4 is 65.5 Å². The molecular weight excluding hydrogens is 953 g/mol. The Hall–Kier alpha value is -7.76. The van der Waals surface area contributed by atoms with Gasteiger partial charge < -0.3 is 13.3 Å². The fraction of sp³-hybridized carbons (Fsp3) is 0.288. The molecule has 0 fully saturated rings. The molecule has 12 rings (SSSR count). The molecule has 5 heteroatoms. The summed E-state index contributed by atoms with van der Waals surface area (Å²) in [5, 5.41) is 9.07. The summed E-state index contributed by atoms with van der Waals surface area (Å²) < 4.78 is 16.6. The summed E-state index contributed by atoms with van der Waals surface area (Å²) in [6, 6.07) is 66.9. The van der Waals surface area contributed by atoms with Gasteiger partial charge in [-0.25, -0.2) is 4.98 Å². The molecule has 0 saturated carbocycles. The van der Waals surface area contributed by atoms with E-state index in [0.29, 0.717) is 17.8 Å². The van der Waals surface area contributed by atoms with Crippen molar-refractivity contribution in [1.82, 2.24) is 9.97 Å². The zero-order chi connectivity index (χ0) is 56.2. The molecular formula is C73H82N2O3. The summed E-state index contributed by atoms with van der Waals surface area (Å²) in [5.41, 5.74) is 10.9. The van der Waals surface area contributed by atoms with Crippen LogP contribution in [0.5, 0.6) is 0 Å². The summed E-state index contributed by atoms with van der Waals surface area (Å²) in [6.45, 7) is 32.9. The van der Waals surface area contributed by atoms with Crippen LogP contribution >= 0.6 is 0 Å². The van der Waals surface area contributed by atoms with Crippen molar-refractivity contribution in [2.24, 2.45) is 0 Å². The van der Waals surface area contributed by atoms with Crippen molar-refractivity contribution in [3.63, 3.8) is 0 Å². The van der Waals surface area contributed by atoms with Crippen LogP contribution in [0, 0.1) is 0 Å². The minimum absolute atomic E-state index is 0.159. The van der Waals surface area contributed by atoms with E-state index in [0.717, 1.165) is 39.4 Å². The molecule has 0 aliphatic rings. The van der Waals surface area contributed by atoms with Gasteiger partial charge in [0.25, 0.3) is 0 Å². The molecule has 4 aromatic heterocycles. The zero-order valence-corrected chi connectivity index (χ0v) is 49.0. The maximum absolute atomic E-state index is 5.63. The van der Waals surface area contributed by atoms with Gasteiger partial charge in [0.15, 0.2) is 11.5 Å². The number of para-hydroxylation sites is 5. The van der Waals surface area contributed by atoms with Crippen LogP contribution in [0.25, 0.3) is 65.5 Å². The average Bonchev–Trinajstić information content (AvgIpc) is 4.23. The van der Waals surface area contributed by atoms with Crippen LogP contribution in [0.1, 0.15) is 156 Å². The Morgan fingerprint density at radius 2 is 0.872 bits per heavy atom. The highest BCUT2D eigenvalue weighted by molar-refractivity contribution is 5.87. The molecule has 0 spiro atoms. The Kier molecular flexibility index (Phi) is 19.0. The summed E-state index contributed by atoms with van der Waals surface area (Å²) in [6.07, 6.45) is 3.76. The maximum atomic E-state index is 5.63. The van der Waals surface area contributed by atoms with Crippen LogP contribution < -0.4 is 0 Å². The van der Waals surface area contributed by atoms with Gasteiger partial charge in [-0.05, 0) is 103 Å². The van der Waals surface area contributed by atoms with E-state index in [9.17, 15) is 0 Å². The third kappa shape index (κ3) is 15.2. The van der Waals surface area contributed by atoms with E-state index in [2.05, 4.69) is 241 Å². The topological polar surface area (TPSA) is 65.2 Å². The standard InChI is InChI=1S/C14H16.C13H15N.C13H14.C12H14O.C11H12O.C10H11NO/c1-14(2,3)13-10-6-8-11-7-4-5-9-12(11)13;1-13(2,3)11-8-9-14-12-7-5-4-6-10(11)12;1-10(2)12-8-7-11-5-3-4-6-13(11)9-12;1-12(2,3)10-8-13-11-7-5-4-6-9(10)11;1-8(2)11-7-9-5-3-4-6-10(9)12-11;1-7(2)10-11-8-5-3-4-6-9(8)12-10/h4-10H,1-3H3;4-9H,1-3H3;3-10H,1-2H3;4-8H,1-3H3;3-8H,1-2H3;3-7H,1-2H3. The minimum atomic E-state index is 0.159. The van der Waals surface area contributed by atoms with Gasteiger partial charge in [0.2, 0.25) is 0 Å². The molecule has 0 bridgehead atoms. The van der Waals surface area contributed by atoms with Gasteiger partial charge in [0.05, 0.1) is 11.8 Å². The van der Waals surface area contributed by atoms with Crippen molar-refractivity contribution in [2.75, 3.05) is 0 Å². The first-order valence-electron chi connectivity index (χ1n) is 27.7. The molecule has 5 nitrogen and oxygen atoms in total. The second-order valence-electron chi connectivity index (χ2n) is 24.1. The molecule has 402 valence electrons. The molecule has 0 unspecified atom stereocenters. The Bertz CT molecular complexity index is 3560. The number of pyridine rings is 1. The number of hydrogen-bond donors (Lipinski definition) is 0. The lowest BCUT2D eigenvalue weighted by Gasteiger charge is -2.21. The lowest BCUT2D eigenvalue weighted by atomic mass is 9.84. The number of benzene rings is 8. The highest BCUT2D eigenvalue weighted by Gasteiger charge is 2.20. The summed E-state index contributed by atoms with van der Waals surface area (Å²) in [7, 11) is 0. The van der Waals surface area contributed by atoms with E-state index in [1.807, 2.05) is 79.2 Å². The number of nitrogens with zero attached hydrogens (tertiary/aromatic N) is 2. The molecule has 0 atom stereocenters. The Balaban J connectivity index is 0.000000136. The van der Waals surface area contributed by atoms with E-state index in [4.69, 9.17) is 13.3 Å². The molecule has 12 aromatic rings. The highest BCUT2D eigenvalue weighted by Crippen LogP contribution is 2.33. The number of oxazole rings is 1. The van der Waals surface area contributed by atoms with Crippen molar-refractivity contribution in [3.05, 3.63) is 240 Å². The van der Waals surface area contributed by atoms with Gasteiger partial charge in [-0.3, -0.25) is 4.98 Å². The molecule has 0 aliphatic carbocycles. The predicted octanol–water partition coefficient (Wildman–Crippen LogP) is 21.9. The second-order valence-corrected chi connectivity index (χ2v) is 24.1. The van der Waals surface area contributed by atoms with Gasteiger partial charge >= 0.3 is 0 Å². The van der Waals surface area contributed by atoms with Gasteiger partial charge in [-0.1, -0.05) is 256 Å². The normalized spacial score (nSPS) is 11.6. The minimum Gasteiger partial charge on any atom is -0.464 e. The number of fused-ring (bicyclic) bond motifs is 6. The molecule has 0 saturated heterocycles. The fourth-order valence-corrected chi connectivity index (χ4v) is 9.18. The largest absolute Gasteiger partial charge is 0.464 e. The van der Waals surface area contributed by atoms with Gasteiger partial charge in [-0.15, -0.1) is 0 Å². The molecule has 0 N–H and O–H groups in total. The SMILES string of the molecule is CC(C)(C)c1cccc2ccccc12.CC(C)(C)c1ccnc2ccccc12.CC(C)(C)c1coc2ccccc12.CC(C)c1cc2ccccc2o1.CC(C)c1ccc2ccccc2c1.CC(C)c1nc2ccccc2o1. The fourth-order valence-electron chi connectivity index (χ4n) is 9.18. The summed E-state index contributed by atoms with van der Waals surface area (Å²) in [5.74, 6) is 3.33. The van der Waals surface area contributed by atoms with Gasteiger partial charge in [-0.2, -0.15) is 0 Å². The Morgan fingerprint density at radius 3 is 1.47 bits per heavy atom. The van der Waals surface area contributed by atoms with E-state index in [-0.39, 0.29) is 16.2 Å².